The molecule has 0 spiro atoms. The van der Waals surface area contributed by atoms with E-state index in [-0.39, 0.29) is 0 Å². The SMILES string of the molecule is CC(C)=CCC/C(C)=C/CC/C(C)=C/CC/C(C)=C/CC/C(C)=C/CC/C(C)=C/I. The zero-order chi connectivity index (χ0) is 22.8. The van der Waals surface area contributed by atoms with Crippen molar-refractivity contribution in [3.05, 3.63) is 67.9 Å². The molecule has 0 aliphatic carbocycles. The Morgan fingerprint density at radius 2 is 0.700 bits per heavy atom. The molecule has 0 nitrogen and oxygen atoms in total. The molecule has 0 fully saturated rings. The smallest absolute Gasteiger partial charge is 0.0244 e. The standard InChI is InChI=1S/C29H47I/c1-24(2)13-8-14-25(3)15-9-16-26(4)17-10-18-27(5)19-11-20-28(6)21-12-22-29(7)23-30/h13,15,17,19,21,23H,8-12,14,16,18,20,22H2,1-7H3/b25-15+,26-17+,27-19+,28-21+,29-23+. The summed E-state index contributed by atoms with van der Waals surface area (Å²) < 4.78 is 2.19. The molecule has 0 rings (SSSR count). The molecule has 0 unspecified atom stereocenters. The van der Waals surface area contributed by atoms with E-state index in [9.17, 15) is 0 Å². The highest BCUT2D eigenvalue weighted by atomic mass is 127. The van der Waals surface area contributed by atoms with Gasteiger partial charge in [0, 0.05) is 0 Å². The molecule has 0 aromatic heterocycles. The van der Waals surface area contributed by atoms with Crippen LogP contribution in [0.1, 0.15) is 113 Å². The first-order valence-electron chi connectivity index (χ1n) is 11.8. The predicted octanol–water partition coefficient (Wildman–Crippen LogP) is 11.0. The Morgan fingerprint density at radius 3 is 0.967 bits per heavy atom. The Balaban J connectivity index is 4.08. The Bertz CT molecular complexity index is 646. The molecule has 0 aromatic rings. The zero-order valence-corrected chi connectivity index (χ0v) is 23.1. The lowest BCUT2D eigenvalue weighted by atomic mass is 10.0. The van der Waals surface area contributed by atoms with E-state index in [0.29, 0.717) is 0 Å². The molecule has 1 heteroatoms. The number of hydrogen-bond acceptors (Lipinski definition) is 0. The summed E-state index contributed by atoms with van der Waals surface area (Å²) in [7, 11) is 0. The van der Waals surface area contributed by atoms with Crippen molar-refractivity contribution >= 4 is 22.6 Å². The molecule has 0 bridgehead atoms. The average molecular weight is 523 g/mol. The van der Waals surface area contributed by atoms with Gasteiger partial charge in [-0.15, -0.1) is 0 Å². The highest BCUT2D eigenvalue weighted by Gasteiger charge is 1.95. The third kappa shape index (κ3) is 19.2. The fourth-order valence-electron chi connectivity index (χ4n) is 3.24. The van der Waals surface area contributed by atoms with Gasteiger partial charge in [0.15, 0.2) is 0 Å². The van der Waals surface area contributed by atoms with Crippen LogP contribution in [0.4, 0.5) is 0 Å². The van der Waals surface area contributed by atoms with Gasteiger partial charge in [0.05, 0.1) is 0 Å². The molecular formula is C29H47I. The van der Waals surface area contributed by atoms with E-state index in [0.717, 1.165) is 0 Å². The summed E-state index contributed by atoms with van der Waals surface area (Å²) in [4.78, 5) is 0. The second kappa shape index (κ2) is 18.9. The van der Waals surface area contributed by atoms with E-state index in [1.54, 1.807) is 0 Å². The maximum absolute atomic E-state index is 2.44. The van der Waals surface area contributed by atoms with Crippen LogP contribution in [-0.4, -0.2) is 0 Å². The summed E-state index contributed by atoms with van der Waals surface area (Å²) in [6.45, 7) is 15.7. The topological polar surface area (TPSA) is 0 Å². The quantitative estimate of drug-likeness (QED) is 0.148. The predicted molar refractivity (Wildman–Crippen MR) is 148 cm³/mol. The van der Waals surface area contributed by atoms with E-state index >= 15 is 0 Å². The van der Waals surface area contributed by atoms with Crippen molar-refractivity contribution in [2.45, 2.75) is 113 Å². The Hall–Kier alpha value is -0.830. The minimum Gasteiger partial charge on any atom is -0.0856 e. The van der Waals surface area contributed by atoms with Crippen molar-refractivity contribution in [2.24, 2.45) is 0 Å². The van der Waals surface area contributed by atoms with E-state index in [1.165, 1.54) is 97.6 Å². The molecule has 0 saturated carbocycles. The van der Waals surface area contributed by atoms with Crippen molar-refractivity contribution < 1.29 is 0 Å². The summed E-state index contributed by atoms with van der Waals surface area (Å²) in [6, 6.07) is 0. The molecule has 0 amide bonds. The van der Waals surface area contributed by atoms with Crippen molar-refractivity contribution in [3.8, 4) is 0 Å². The van der Waals surface area contributed by atoms with Gasteiger partial charge in [-0.3, -0.25) is 0 Å². The van der Waals surface area contributed by atoms with E-state index in [2.05, 4.69) is 106 Å². The second-order valence-electron chi connectivity index (χ2n) is 9.13. The van der Waals surface area contributed by atoms with Crippen LogP contribution in [0.5, 0.6) is 0 Å². The van der Waals surface area contributed by atoms with Gasteiger partial charge in [-0.25, -0.2) is 0 Å². The number of rotatable bonds is 15. The van der Waals surface area contributed by atoms with Gasteiger partial charge >= 0.3 is 0 Å². The van der Waals surface area contributed by atoms with Crippen LogP contribution in [0.25, 0.3) is 0 Å². The lowest BCUT2D eigenvalue weighted by molar-refractivity contribution is 0.887. The molecule has 0 atom stereocenters. The molecule has 0 radical (unpaired) electrons. The first kappa shape index (κ1) is 29.2. The van der Waals surface area contributed by atoms with Crippen LogP contribution in [0.3, 0.4) is 0 Å². The monoisotopic (exact) mass is 522 g/mol. The number of hydrogen-bond donors (Lipinski definition) is 0. The van der Waals surface area contributed by atoms with Gasteiger partial charge in [0.1, 0.15) is 0 Å². The third-order valence-electron chi connectivity index (χ3n) is 5.40. The van der Waals surface area contributed by atoms with E-state index in [1.807, 2.05) is 0 Å². The molecular weight excluding hydrogens is 475 g/mol. The van der Waals surface area contributed by atoms with Crippen molar-refractivity contribution in [2.75, 3.05) is 0 Å². The Morgan fingerprint density at radius 1 is 0.433 bits per heavy atom. The molecule has 30 heavy (non-hydrogen) atoms. The molecule has 0 saturated heterocycles. The van der Waals surface area contributed by atoms with Gasteiger partial charge in [-0.1, -0.05) is 86.4 Å². The van der Waals surface area contributed by atoms with Crippen LogP contribution in [0, 0.1) is 0 Å². The molecule has 0 aromatic carbocycles. The normalized spacial score (nSPS) is 14.3. The summed E-state index contributed by atoms with van der Waals surface area (Å²) in [5.74, 6) is 0. The second-order valence-corrected chi connectivity index (χ2v) is 9.76. The minimum atomic E-state index is 1.17. The molecule has 0 heterocycles. The zero-order valence-electron chi connectivity index (χ0n) is 20.9. The molecule has 0 N–H and O–H groups in total. The molecule has 0 aliphatic heterocycles. The fraction of sp³-hybridized carbons (Fsp3) is 0.586. The highest BCUT2D eigenvalue weighted by Crippen LogP contribution is 2.15. The lowest BCUT2D eigenvalue weighted by Crippen LogP contribution is -1.83. The Labute approximate surface area is 202 Å². The number of allylic oxidation sites excluding steroid dienone is 11. The summed E-state index contributed by atoms with van der Waals surface area (Å²) in [6.07, 6.45) is 23.9. The van der Waals surface area contributed by atoms with Crippen LogP contribution in [0.15, 0.2) is 67.9 Å². The first-order chi connectivity index (χ1) is 14.2. The summed E-state index contributed by atoms with van der Waals surface area (Å²) in [5.41, 5.74) is 9.02. The first-order valence-corrected chi connectivity index (χ1v) is 13.0. The van der Waals surface area contributed by atoms with Gasteiger partial charge < -0.3 is 0 Å². The van der Waals surface area contributed by atoms with Crippen molar-refractivity contribution in [3.63, 3.8) is 0 Å². The van der Waals surface area contributed by atoms with Gasteiger partial charge in [-0.05, 0) is 117 Å². The third-order valence-corrected chi connectivity index (χ3v) is 6.47. The largest absolute Gasteiger partial charge is 0.0856 e. The average Bonchev–Trinajstić information content (AvgIpc) is 2.67. The van der Waals surface area contributed by atoms with E-state index < -0.39 is 0 Å². The molecule has 170 valence electrons. The molecule has 0 aliphatic rings. The van der Waals surface area contributed by atoms with Gasteiger partial charge in [-0.2, -0.15) is 0 Å². The van der Waals surface area contributed by atoms with Crippen LogP contribution in [0.2, 0.25) is 0 Å². The summed E-state index contributed by atoms with van der Waals surface area (Å²) >= 11 is 2.33. The van der Waals surface area contributed by atoms with Crippen molar-refractivity contribution in [1.82, 2.24) is 0 Å². The lowest BCUT2D eigenvalue weighted by Gasteiger charge is -2.03. The Kier molecular flexibility index (Phi) is 18.4. The fourth-order valence-corrected chi connectivity index (χ4v) is 3.55. The maximum atomic E-state index is 2.44. The summed E-state index contributed by atoms with van der Waals surface area (Å²) in [5, 5.41) is 0. The highest BCUT2D eigenvalue weighted by molar-refractivity contribution is 14.1. The van der Waals surface area contributed by atoms with Crippen molar-refractivity contribution in [1.29, 1.82) is 0 Å². The van der Waals surface area contributed by atoms with Gasteiger partial charge in [0.2, 0.25) is 0 Å². The number of halogens is 1. The van der Waals surface area contributed by atoms with E-state index in [4.69, 9.17) is 0 Å². The van der Waals surface area contributed by atoms with Crippen LogP contribution >= 0.6 is 22.6 Å². The minimum absolute atomic E-state index is 1.17. The maximum Gasteiger partial charge on any atom is -0.0244 e. The van der Waals surface area contributed by atoms with Crippen LogP contribution < -0.4 is 0 Å². The van der Waals surface area contributed by atoms with Crippen LogP contribution in [-0.2, 0) is 0 Å². The van der Waals surface area contributed by atoms with Gasteiger partial charge in [0.25, 0.3) is 0 Å².